The number of benzene rings is 1. The molecule has 1 aromatic heterocycles. The molecule has 3 N–H and O–H groups in total. The molecule has 1 aliphatic rings. The van der Waals surface area contributed by atoms with Crippen LogP contribution in [0.15, 0.2) is 35.3 Å². The lowest BCUT2D eigenvalue weighted by Crippen LogP contribution is -2.42. The van der Waals surface area contributed by atoms with Crippen LogP contribution in [-0.4, -0.2) is 62.3 Å². The van der Waals surface area contributed by atoms with Gasteiger partial charge in [0.15, 0.2) is 5.96 Å². The van der Waals surface area contributed by atoms with Gasteiger partial charge in [-0.2, -0.15) is 0 Å². The predicted molar refractivity (Wildman–Crippen MR) is 111 cm³/mol. The number of hydrogen-bond donors (Lipinski definition) is 3. The molecule has 7 nitrogen and oxygen atoms in total. The van der Waals surface area contributed by atoms with Gasteiger partial charge in [-0.25, -0.2) is 12.7 Å². The van der Waals surface area contributed by atoms with Crippen molar-refractivity contribution in [3.63, 3.8) is 0 Å². The Morgan fingerprint density at radius 3 is 2.89 bits per heavy atom. The standard InChI is InChI=1S/C18H26N4O3S2/c1-2-19-18(20-8-10-22-9-5-11-27(22,24)25)21-13-15(23)17-12-14-6-3-4-7-16(14)26-17/h3-4,6-7,12,15,23H,2,5,8-11,13H2,1H3,(H2,19,20,21). The number of fused-ring (bicyclic) bond motifs is 1. The zero-order valence-electron chi connectivity index (χ0n) is 15.4. The fourth-order valence-corrected chi connectivity index (χ4v) is 5.59. The molecule has 0 saturated carbocycles. The number of hydrogen-bond acceptors (Lipinski definition) is 5. The Morgan fingerprint density at radius 2 is 2.19 bits per heavy atom. The van der Waals surface area contributed by atoms with Gasteiger partial charge in [0.2, 0.25) is 10.0 Å². The van der Waals surface area contributed by atoms with Gasteiger partial charge in [0.25, 0.3) is 0 Å². The summed E-state index contributed by atoms with van der Waals surface area (Å²) in [5.41, 5.74) is 0. The Morgan fingerprint density at radius 1 is 1.37 bits per heavy atom. The van der Waals surface area contributed by atoms with Crippen LogP contribution in [0.25, 0.3) is 10.1 Å². The summed E-state index contributed by atoms with van der Waals surface area (Å²) in [7, 11) is -3.08. The van der Waals surface area contributed by atoms with Crippen molar-refractivity contribution in [2.75, 3.05) is 38.5 Å². The third-order valence-corrected chi connectivity index (χ3v) is 7.57. The van der Waals surface area contributed by atoms with Gasteiger partial charge in [-0.1, -0.05) is 18.2 Å². The van der Waals surface area contributed by atoms with E-state index in [0.717, 1.165) is 15.0 Å². The molecule has 1 aromatic carbocycles. The lowest BCUT2D eigenvalue weighted by Gasteiger charge is -2.16. The molecule has 2 aromatic rings. The van der Waals surface area contributed by atoms with E-state index >= 15 is 0 Å². The number of thiophene rings is 1. The van der Waals surface area contributed by atoms with Crippen LogP contribution in [0.2, 0.25) is 0 Å². The summed E-state index contributed by atoms with van der Waals surface area (Å²) in [5, 5.41) is 17.9. The number of aliphatic imine (C=N–C) groups is 1. The van der Waals surface area contributed by atoms with Gasteiger partial charge in [0, 0.05) is 35.8 Å². The first kappa shape index (κ1) is 20.1. The minimum Gasteiger partial charge on any atom is -0.386 e. The van der Waals surface area contributed by atoms with Crippen molar-refractivity contribution in [3.05, 3.63) is 35.2 Å². The third kappa shape index (κ3) is 5.19. The molecule has 1 aliphatic heterocycles. The van der Waals surface area contributed by atoms with E-state index in [4.69, 9.17) is 0 Å². The molecule has 1 fully saturated rings. The first-order chi connectivity index (χ1) is 13.0. The maximum absolute atomic E-state index is 11.8. The largest absolute Gasteiger partial charge is 0.386 e. The number of aliphatic hydroxyl groups excluding tert-OH is 1. The molecule has 0 aliphatic carbocycles. The van der Waals surface area contributed by atoms with Crippen molar-refractivity contribution in [1.29, 1.82) is 0 Å². The Labute approximate surface area is 164 Å². The molecule has 2 heterocycles. The maximum atomic E-state index is 11.8. The van der Waals surface area contributed by atoms with Crippen molar-refractivity contribution >= 4 is 37.4 Å². The number of nitrogens with zero attached hydrogens (tertiary/aromatic N) is 2. The highest BCUT2D eigenvalue weighted by atomic mass is 32.2. The van der Waals surface area contributed by atoms with E-state index in [0.29, 0.717) is 38.6 Å². The molecular weight excluding hydrogens is 384 g/mol. The zero-order chi connectivity index (χ0) is 19.3. The van der Waals surface area contributed by atoms with E-state index in [2.05, 4.69) is 15.6 Å². The van der Waals surface area contributed by atoms with E-state index in [1.807, 2.05) is 37.3 Å². The summed E-state index contributed by atoms with van der Waals surface area (Å²) >= 11 is 1.57. The Kier molecular flexibility index (Phi) is 6.69. The van der Waals surface area contributed by atoms with E-state index in [1.165, 1.54) is 4.31 Å². The van der Waals surface area contributed by atoms with Crippen molar-refractivity contribution in [2.24, 2.45) is 4.99 Å². The van der Waals surface area contributed by atoms with Crippen molar-refractivity contribution in [3.8, 4) is 0 Å². The van der Waals surface area contributed by atoms with Gasteiger partial charge < -0.3 is 15.7 Å². The average molecular weight is 411 g/mol. The second-order valence-electron chi connectivity index (χ2n) is 6.42. The summed E-state index contributed by atoms with van der Waals surface area (Å²) in [4.78, 5) is 5.33. The van der Waals surface area contributed by atoms with Gasteiger partial charge in [0.05, 0.1) is 12.3 Å². The van der Waals surface area contributed by atoms with Crippen LogP contribution >= 0.6 is 11.3 Å². The minimum absolute atomic E-state index is 0.239. The molecule has 0 radical (unpaired) electrons. The molecular formula is C18H26N4O3S2. The molecule has 3 rings (SSSR count). The third-order valence-electron chi connectivity index (χ3n) is 4.40. The lowest BCUT2D eigenvalue weighted by atomic mass is 10.2. The maximum Gasteiger partial charge on any atom is 0.214 e. The zero-order valence-corrected chi connectivity index (χ0v) is 17.0. The van der Waals surface area contributed by atoms with Gasteiger partial charge in [-0.15, -0.1) is 11.3 Å². The van der Waals surface area contributed by atoms with Crippen LogP contribution < -0.4 is 10.6 Å². The SMILES string of the molecule is CCNC(=NCC(O)c1cc2ccccc2s1)NCCN1CCCS1(=O)=O. The Balaban J connectivity index is 1.56. The molecule has 0 bridgehead atoms. The molecule has 0 spiro atoms. The van der Waals surface area contributed by atoms with Crippen molar-refractivity contribution in [1.82, 2.24) is 14.9 Å². The van der Waals surface area contributed by atoms with Crippen LogP contribution in [0.3, 0.4) is 0 Å². The summed E-state index contributed by atoms with van der Waals surface area (Å²) in [6.45, 7) is 4.37. The van der Waals surface area contributed by atoms with Gasteiger partial charge >= 0.3 is 0 Å². The van der Waals surface area contributed by atoms with E-state index in [9.17, 15) is 13.5 Å². The van der Waals surface area contributed by atoms with Crippen LogP contribution in [-0.2, 0) is 10.0 Å². The van der Waals surface area contributed by atoms with Crippen LogP contribution in [0.1, 0.15) is 24.3 Å². The first-order valence-corrected chi connectivity index (χ1v) is 11.6. The van der Waals surface area contributed by atoms with Gasteiger partial charge in [0.1, 0.15) is 6.10 Å². The topological polar surface area (TPSA) is 94.0 Å². The van der Waals surface area contributed by atoms with Crippen molar-refractivity contribution < 1.29 is 13.5 Å². The number of nitrogens with one attached hydrogen (secondary N) is 2. The van der Waals surface area contributed by atoms with E-state index in [-0.39, 0.29) is 12.3 Å². The highest BCUT2D eigenvalue weighted by Gasteiger charge is 2.27. The van der Waals surface area contributed by atoms with Crippen LogP contribution in [0, 0.1) is 0 Å². The normalized spacial score (nSPS) is 18.7. The molecule has 9 heteroatoms. The second kappa shape index (κ2) is 9.01. The predicted octanol–water partition coefficient (Wildman–Crippen LogP) is 1.53. The van der Waals surface area contributed by atoms with E-state index in [1.54, 1.807) is 11.3 Å². The first-order valence-electron chi connectivity index (χ1n) is 9.16. The molecule has 0 amide bonds. The van der Waals surface area contributed by atoms with Crippen LogP contribution in [0.4, 0.5) is 0 Å². The monoisotopic (exact) mass is 410 g/mol. The molecule has 1 saturated heterocycles. The summed E-state index contributed by atoms with van der Waals surface area (Å²) in [6.07, 6.45) is 0.0227. The summed E-state index contributed by atoms with van der Waals surface area (Å²) in [6, 6.07) is 10.0. The fraction of sp³-hybridized carbons (Fsp3) is 0.500. The average Bonchev–Trinajstić information content (AvgIpc) is 3.22. The quantitative estimate of drug-likeness (QED) is 0.475. The number of rotatable bonds is 7. The fourth-order valence-electron chi connectivity index (χ4n) is 3.02. The molecule has 148 valence electrons. The highest BCUT2D eigenvalue weighted by Crippen LogP contribution is 2.29. The smallest absolute Gasteiger partial charge is 0.214 e. The lowest BCUT2D eigenvalue weighted by molar-refractivity contribution is 0.191. The van der Waals surface area contributed by atoms with Gasteiger partial charge in [-0.3, -0.25) is 4.99 Å². The minimum atomic E-state index is -3.08. The van der Waals surface area contributed by atoms with Crippen LogP contribution in [0.5, 0.6) is 0 Å². The van der Waals surface area contributed by atoms with Gasteiger partial charge in [-0.05, 0) is 30.9 Å². The second-order valence-corrected chi connectivity index (χ2v) is 9.62. The molecule has 1 atom stereocenters. The van der Waals surface area contributed by atoms with E-state index < -0.39 is 16.1 Å². The Bertz CT molecular complexity index is 862. The highest BCUT2D eigenvalue weighted by molar-refractivity contribution is 7.89. The number of sulfonamides is 1. The Hall–Kier alpha value is -1.68. The number of aliphatic hydroxyl groups is 1. The number of guanidine groups is 1. The molecule has 27 heavy (non-hydrogen) atoms. The summed E-state index contributed by atoms with van der Waals surface area (Å²) in [5.74, 6) is 0.817. The molecule has 1 unspecified atom stereocenters. The van der Waals surface area contributed by atoms with Crippen molar-refractivity contribution in [2.45, 2.75) is 19.4 Å². The summed E-state index contributed by atoms with van der Waals surface area (Å²) < 4.78 is 26.3.